The van der Waals surface area contributed by atoms with Gasteiger partial charge >= 0.3 is 5.97 Å². The molecule has 0 radical (unpaired) electrons. The Morgan fingerprint density at radius 2 is 2.00 bits per heavy atom. The highest BCUT2D eigenvalue weighted by Crippen LogP contribution is 2.27. The second-order valence-electron chi connectivity index (χ2n) is 4.81. The molecule has 0 atom stereocenters. The van der Waals surface area contributed by atoms with Crippen molar-refractivity contribution >= 4 is 11.6 Å². The second kappa shape index (κ2) is 4.90. The Morgan fingerprint density at radius 3 is 2.76 bits per heavy atom. The van der Waals surface area contributed by atoms with Crippen LogP contribution in [-0.2, 0) is 0 Å². The van der Waals surface area contributed by atoms with Crippen molar-refractivity contribution in [3.8, 4) is 11.6 Å². The van der Waals surface area contributed by atoms with Crippen LogP contribution in [-0.4, -0.2) is 25.7 Å². The monoisotopic (exact) mass is 283 g/mol. The van der Waals surface area contributed by atoms with Gasteiger partial charge in [-0.2, -0.15) is 9.61 Å². The van der Waals surface area contributed by atoms with Gasteiger partial charge in [0.05, 0.1) is 0 Å². The number of aromatic carboxylic acids is 1. The molecular weight excluding hydrogens is 270 g/mol. The molecule has 0 aliphatic rings. The summed E-state index contributed by atoms with van der Waals surface area (Å²) in [5, 5.41) is 13.4. The Labute approximate surface area is 120 Å². The summed E-state index contributed by atoms with van der Waals surface area (Å²) in [4.78, 5) is 15.4. The van der Waals surface area contributed by atoms with Crippen LogP contribution in [0.15, 0.2) is 36.7 Å². The maximum atomic E-state index is 11.3. The third-order valence-corrected chi connectivity index (χ3v) is 3.07. The van der Waals surface area contributed by atoms with Crippen molar-refractivity contribution in [2.45, 2.75) is 13.8 Å². The van der Waals surface area contributed by atoms with E-state index in [0.29, 0.717) is 11.5 Å². The van der Waals surface area contributed by atoms with Gasteiger partial charge in [-0.05, 0) is 37.6 Å². The SMILES string of the molecule is Cc1ccc(Oc2cc(C)cc3ncnn23)c(C(=O)O)c1. The van der Waals surface area contributed by atoms with Gasteiger partial charge in [-0.15, -0.1) is 0 Å². The molecule has 2 heterocycles. The minimum Gasteiger partial charge on any atom is -0.478 e. The first-order chi connectivity index (χ1) is 10.0. The second-order valence-corrected chi connectivity index (χ2v) is 4.81. The molecule has 3 rings (SSSR count). The molecule has 0 aliphatic carbocycles. The van der Waals surface area contributed by atoms with Gasteiger partial charge < -0.3 is 9.84 Å². The van der Waals surface area contributed by atoms with Crippen molar-refractivity contribution in [2.75, 3.05) is 0 Å². The quantitative estimate of drug-likeness (QED) is 0.799. The van der Waals surface area contributed by atoms with Crippen molar-refractivity contribution < 1.29 is 14.6 Å². The number of benzene rings is 1. The Balaban J connectivity index is 2.10. The van der Waals surface area contributed by atoms with Gasteiger partial charge in [0, 0.05) is 6.07 Å². The highest BCUT2D eigenvalue weighted by atomic mass is 16.5. The van der Waals surface area contributed by atoms with E-state index in [9.17, 15) is 9.90 Å². The normalized spacial score (nSPS) is 10.8. The lowest BCUT2D eigenvalue weighted by atomic mass is 10.1. The fraction of sp³-hybridized carbons (Fsp3) is 0.133. The summed E-state index contributed by atoms with van der Waals surface area (Å²) in [5.74, 6) is -0.333. The lowest BCUT2D eigenvalue weighted by Crippen LogP contribution is -2.03. The molecule has 1 aromatic carbocycles. The molecule has 3 aromatic rings. The Morgan fingerprint density at radius 1 is 1.19 bits per heavy atom. The number of hydrogen-bond donors (Lipinski definition) is 1. The number of fused-ring (bicyclic) bond motifs is 1. The van der Waals surface area contributed by atoms with E-state index in [1.807, 2.05) is 19.9 Å². The molecule has 0 saturated carbocycles. The lowest BCUT2D eigenvalue weighted by Gasteiger charge is -2.11. The fourth-order valence-electron chi connectivity index (χ4n) is 2.11. The summed E-state index contributed by atoms with van der Waals surface area (Å²) >= 11 is 0. The van der Waals surface area contributed by atoms with Gasteiger partial charge in [-0.1, -0.05) is 11.6 Å². The van der Waals surface area contributed by atoms with E-state index in [0.717, 1.165) is 11.1 Å². The number of carbonyl (C=O) groups is 1. The number of rotatable bonds is 3. The molecule has 106 valence electrons. The zero-order valence-electron chi connectivity index (χ0n) is 11.6. The molecule has 0 saturated heterocycles. The summed E-state index contributed by atoms with van der Waals surface area (Å²) in [5.41, 5.74) is 2.57. The van der Waals surface area contributed by atoms with Crippen LogP contribution in [0.3, 0.4) is 0 Å². The molecule has 0 spiro atoms. The standard InChI is InChI=1S/C15H13N3O3/c1-9-3-4-12(11(5-9)15(19)20)21-14-7-10(2)6-13-16-8-17-18(13)14/h3-8H,1-2H3,(H,19,20). The molecule has 0 unspecified atom stereocenters. The predicted molar refractivity (Wildman–Crippen MR) is 75.9 cm³/mol. The zero-order valence-corrected chi connectivity index (χ0v) is 11.6. The van der Waals surface area contributed by atoms with E-state index >= 15 is 0 Å². The van der Waals surface area contributed by atoms with Gasteiger partial charge in [0.1, 0.15) is 17.6 Å². The number of nitrogens with zero attached hydrogens (tertiary/aromatic N) is 3. The van der Waals surface area contributed by atoms with Gasteiger partial charge in [-0.25, -0.2) is 9.78 Å². The molecule has 0 aliphatic heterocycles. The Hall–Kier alpha value is -2.89. The summed E-state index contributed by atoms with van der Waals surface area (Å²) in [6.07, 6.45) is 1.43. The average molecular weight is 283 g/mol. The number of aromatic nitrogens is 3. The summed E-state index contributed by atoms with van der Waals surface area (Å²) in [6.45, 7) is 3.74. The maximum Gasteiger partial charge on any atom is 0.339 e. The van der Waals surface area contributed by atoms with Crippen LogP contribution in [0.25, 0.3) is 5.65 Å². The van der Waals surface area contributed by atoms with Crippen LogP contribution < -0.4 is 4.74 Å². The topological polar surface area (TPSA) is 76.7 Å². The van der Waals surface area contributed by atoms with Crippen molar-refractivity contribution in [1.29, 1.82) is 0 Å². The van der Waals surface area contributed by atoms with Crippen molar-refractivity contribution in [2.24, 2.45) is 0 Å². The summed E-state index contributed by atoms with van der Waals surface area (Å²) in [6, 6.07) is 8.67. The van der Waals surface area contributed by atoms with E-state index in [-0.39, 0.29) is 11.3 Å². The molecule has 0 bridgehead atoms. The first-order valence-electron chi connectivity index (χ1n) is 6.37. The first kappa shape index (κ1) is 13.1. The van der Waals surface area contributed by atoms with Gasteiger partial charge in [0.25, 0.3) is 0 Å². The molecular formula is C15H13N3O3. The number of carboxylic acid groups (broad SMARTS) is 1. The highest BCUT2D eigenvalue weighted by Gasteiger charge is 2.14. The van der Waals surface area contributed by atoms with Gasteiger partial charge in [0.15, 0.2) is 5.65 Å². The third-order valence-electron chi connectivity index (χ3n) is 3.07. The number of pyridine rings is 1. The number of carboxylic acids is 1. The van der Waals surface area contributed by atoms with Crippen LogP contribution in [0, 0.1) is 13.8 Å². The zero-order chi connectivity index (χ0) is 15.0. The van der Waals surface area contributed by atoms with E-state index < -0.39 is 5.97 Å². The number of ether oxygens (including phenoxy) is 1. The summed E-state index contributed by atoms with van der Waals surface area (Å²) in [7, 11) is 0. The average Bonchev–Trinajstić information content (AvgIpc) is 2.88. The van der Waals surface area contributed by atoms with Crippen LogP contribution in [0.5, 0.6) is 11.6 Å². The largest absolute Gasteiger partial charge is 0.478 e. The van der Waals surface area contributed by atoms with Crippen LogP contribution in [0.2, 0.25) is 0 Å². The van der Waals surface area contributed by atoms with Crippen LogP contribution in [0.4, 0.5) is 0 Å². The van der Waals surface area contributed by atoms with Crippen molar-refractivity contribution in [3.63, 3.8) is 0 Å². The van der Waals surface area contributed by atoms with E-state index in [1.165, 1.54) is 10.8 Å². The molecule has 6 nitrogen and oxygen atoms in total. The van der Waals surface area contributed by atoms with Crippen molar-refractivity contribution in [1.82, 2.24) is 14.6 Å². The molecule has 6 heteroatoms. The van der Waals surface area contributed by atoms with Gasteiger partial charge in [-0.3, -0.25) is 0 Å². The molecule has 1 N–H and O–H groups in total. The summed E-state index contributed by atoms with van der Waals surface area (Å²) < 4.78 is 7.28. The predicted octanol–water partition coefficient (Wildman–Crippen LogP) is 2.84. The van der Waals surface area contributed by atoms with E-state index in [4.69, 9.17) is 4.74 Å². The molecule has 2 aromatic heterocycles. The minimum atomic E-state index is -1.03. The number of aryl methyl sites for hydroxylation is 2. The maximum absolute atomic E-state index is 11.3. The van der Waals surface area contributed by atoms with Gasteiger partial charge in [0.2, 0.25) is 5.88 Å². The molecule has 0 amide bonds. The number of hydrogen-bond acceptors (Lipinski definition) is 4. The van der Waals surface area contributed by atoms with E-state index in [1.54, 1.807) is 24.3 Å². The highest BCUT2D eigenvalue weighted by molar-refractivity contribution is 5.91. The van der Waals surface area contributed by atoms with Crippen LogP contribution in [0.1, 0.15) is 21.5 Å². The first-order valence-corrected chi connectivity index (χ1v) is 6.37. The molecule has 21 heavy (non-hydrogen) atoms. The lowest BCUT2D eigenvalue weighted by molar-refractivity contribution is 0.0694. The fourth-order valence-corrected chi connectivity index (χ4v) is 2.11. The minimum absolute atomic E-state index is 0.116. The van der Waals surface area contributed by atoms with Crippen LogP contribution >= 0.6 is 0 Å². The Kier molecular flexibility index (Phi) is 3.06. The smallest absolute Gasteiger partial charge is 0.339 e. The third kappa shape index (κ3) is 2.43. The Bertz CT molecular complexity index is 839. The molecule has 0 fully saturated rings. The van der Waals surface area contributed by atoms with Crippen molar-refractivity contribution in [3.05, 3.63) is 53.3 Å². The van der Waals surface area contributed by atoms with E-state index in [2.05, 4.69) is 10.1 Å².